The molecule has 0 aliphatic heterocycles. The van der Waals surface area contributed by atoms with Gasteiger partial charge in [-0.2, -0.15) is 0 Å². The molecule has 0 saturated carbocycles. The summed E-state index contributed by atoms with van der Waals surface area (Å²) in [5.41, 5.74) is 0.271. The van der Waals surface area contributed by atoms with E-state index in [9.17, 15) is 15.0 Å². The maximum absolute atomic E-state index is 11.4. The maximum atomic E-state index is 11.4. The average molecular weight is 286 g/mol. The van der Waals surface area contributed by atoms with Crippen molar-refractivity contribution in [3.63, 3.8) is 0 Å². The number of phenols is 1. The predicted octanol–water partition coefficient (Wildman–Crippen LogP) is 1.76. The highest BCUT2D eigenvalue weighted by Gasteiger charge is 2.12. The fourth-order valence-corrected chi connectivity index (χ4v) is 1.80. The number of rotatable bonds is 4. The molecule has 2 rings (SSSR count). The number of aliphatic carboxylic acids is 1. The van der Waals surface area contributed by atoms with E-state index < -0.39 is 5.97 Å². The minimum Gasteiger partial charge on any atom is -0.504 e. The fraction of sp³-hybridized carbons (Fsp3) is 0.0667. The predicted molar refractivity (Wildman–Crippen MR) is 76.7 cm³/mol. The molecule has 1 aromatic heterocycles. The largest absolute Gasteiger partial charge is 0.504 e. The molecule has 3 N–H and O–H groups in total. The monoisotopic (exact) mass is 286 g/mol. The molecule has 2 aromatic rings. The molecule has 0 saturated heterocycles. The lowest BCUT2D eigenvalue weighted by molar-refractivity contribution is -0.130. The minimum absolute atomic E-state index is 0.0569. The normalized spacial score (nSPS) is 11.2. The Hall–Kier alpha value is -3.02. The van der Waals surface area contributed by atoms with Crippen molar-refractivity contribution < 1.29 is 19.7 Å². The van der Waals surface area contributed by atoms with Gasteiger partial charge in [0, 0.05) is 18.0 Å². The Morgan fingerprint density at radius 3 is 2.52 bits per heavy atom. The van der Waals surface area contributed by atoms with Gasteiger partial charge < -0.3 is 24.9 Å². The van der Waals surface area contributed by atoms with Gasteiger partial charge in [0.25, 0.3) is 0 Å². The molecular formula is C15H14N2O4. The van der Waals surface area contributed by atoms with Crippen LogP contribution in [-0.2, 0) is 4.79 Å². The number of aromatic nitrogens is 1. The van der Waals surface area contributed by atoms with Crippen LogP contribution in [0.2, 0.25) is 0 Å². The van der Waals surface area contributed by atoms with Gasteiger partial charge in [-0.05, 0) is 24.3 Å². The quantitative estimate of drug-likeness (QED) is 0.746. The Morgan fingerprint density at radius 1 is 1.29 bits per heavy atom. The van der Waals surface area contributed by atoms with E-state index in [4.69, 9.17) is 10.1 Å². The van der Waals surface area contributed by atoms with Crippen molar-refractivity contribution in [3.05, 3.63) is 53.6 Å². The molecule has 0 unspecified atom stereocenters. The Labute approximate surface area is 120 Å². The number of aromatic hydroxyl groups is 1. The Kier molecular flexibility index (Phi) is 4.08. The third-order valence-electron chi connectivity index (χ3n) is 2.87. The first-order valence-electron chi connectivity index (χ1n) is 6.07. The molecule has 108 valence electrons. The van der Waals surface area contributed by atoms with Crippen molar-refractivity contribution >= 4 is 17.7 Å². The van der Waals surface area contributed by atoms with Crippen LogP contribution in [0.1, 0.15) is 5.56 Å². The second kappa shape index (κ2) is 5.96. The number of pyridine rings is 1. The number of nitrogens with zero attached hydrogens (tertiary/aromatic N) is 1. The van der Waals surface area contributed by atoms with Crippen LogP contribution >= 0.6 is 0 Å². The standard InChI is InChI=1S/C15H14N2O4/c1-21-13-4-2-3-10(14(13)18)9-12(15(19)20)17-7-5-11(16)6-8-17/h2-9,16,18H,1H3,(H,19,20). The Balaban J connectivity index is 2.55. The SMILES string of the molecule is COc1cccc(C=C(C(=O)O)n2ccc(=N)cc2)c1O. The molecular weight excluding hydrogens is 272 g/mol. The number of hydrogen-bond acceptors (Lipinski definition) is 4. The van der Waals surface area contributed by atoms with Crippen LogP contribution < -0.4 is 10.1 Å². The van der Waals surface area contributed by atoms with Gasteiger partial charge in [0.05, 0.1) is 12.5 Å². The van der Waals surface area contributed by atoms with Crippen LogP contribution in [-0.4, -0.2) is 27.9 Å². The average Bonchev–Trinajstić information content (AvgIpc) is 2.47. The van der Waals surface area contributed by atoms with Crippen molar-refractivity contribution in [1.82, 2.24) is 4.57 Å². The van der Waals surface area contributed by atoms with Crippen molar-refractivity contribution in [1.29, 1.82) is 5.41 Å². The summed E-state index contributed by atoms with van der Waals surface area (Å²) in [5.74, 6) is -1.02. The number of methoxy groups -OCH3 is 1. The number of hydrogen-bond donors (Lipinski definition) is 3. The van der Waals surface area contributed by atoms with E-state index in [-0.39, 0.29) is 22.6 Å². The van der Waals surface area contributed by atoms with Crippen LogP contribution in [0.3, 0.4) is 0 Å². The number of carboxylic acid groups (broad SMARTS) is 1. The number of phenolic OH excluding ortho intramolecular Hbond substituents is 1. The summed E-state index contributed by atoms with van der Waals surface area (Å²) < 4.78 is 6.35. The summed E-state index contributed by atoms with van der Waals surface area (Å²) in [4.78, 5) is 11.4. The van der Waals surface area contributed by atoms with Crippen LogP contribution in [0.15, 0.2) is 42.7 Å². The van der Waals surface area contributed by atoms with Gasteiger partial charge in [-0.3, -0.25) is 0 Å². The second-order valence-electron chi connectivity index (χ2n) is 4.23. The number of ether oxygens (including phenoxy) is 1. The van der Waals surface area contributed by atoms with E-state index in [2.05, 4.69) is 0 Å². The van der Waals surface area contributed by atoms with Gasteiger partial charge >= 0.3 is 5.97 Å². The molecule has 0 aliphatic rings. The molecule has 1 heterocycles. The second-order valence-corrected chi connectivity index (χ2v) is 4.23. The highest BCUT2D eigenvalue weighted by molar-refractivity contribution is 6.14. The summed E-state index contributed by atoms with van der Waals surface area (Å²) in [7, 11) is 1.42. The van der Waals surface area contributed by atoms with Gasteiger partial charge in [0.15, 0.2) is 11.5 Å². The van der Waals surface area contributed by atoms with Gasteiger partial charge in [-0.25, -0.2) is 4.79 Å². The van der Waals surface area contributed by atoms with Gasteiger partial charge in [0.2, 0.25) is 0 Å². The molecule has 0 atom stereocenters. The van der Waals surface area contributed by atoms with Crippen LogP contribution in [0.5, 0.6) is 11.5 Å². The summed E-state index contributed by atoms with van der Waals surface area (Å²) in [6.45, 7) is 0. The molecule has 0 amide bonds. The van der Waals surface area contributed by atoms with Crippen LogP contribution in [0, 0.1) is 5.41 Å². The van der Waals surface area contributed by atoms with Crippen molar-refractivity contribution in [2.75, 3.05) is 7.11 Å². The van der Waals surface area contributed by atoms with Gasteiger partial charge in [-0.1, -0.05) is 12.1 Å². The van der Waals surface area contributed by atoms with Crippen molar-refractivity contribution in [2.45, 2.75) is 0 Å². The first-order valence-corrected chi connectivity index (χ1v) is 6.07. The number of carbonyl (C=O) groups is 1. The first-order chi connectivity index (χ1) is 10.0. The summed E-state index contributed by atoms with van der Waals surface area (Å²) in [6, 6.07) is 7.77. The molecule has 21 heavy (non-hydrogen) atoms. The molecule has 0 radical (unpaired) electrons. The third kappa shape index (κ3) is 3.11. The molecule has 0 fully saturated rings. The highest BCUT2D eigenvalue weighted by atomic mass is 16.5. The number of benzene rings is 1. The number of nitrogens with one attached hydrogen (secondary N) is 1. The smallest absolute Gasteiger partial charge is 0.352 e. The van der Waals surface area contributed by atoms with E-state index in [1.807, 2.05) is 0 Å². The third-order valence-corrected chi connectivity index (χ3v) is 2.87. The van der Waals surface area contributed by atoms with E-state index in [0.29, 0.717) is 5.56 Å². The lowest BCUT2D eigenvalue weighted by atomic mass is 10.1. The lowest BCUT2D eigenvalue weighted by Gasteiger charge is -2.09. The number of carboxylic acids is 1. The zero-order valence-corrected chi connectivity index (χ0v) is 11.3. The maximum Gasteiger partial charge on any atom is 0.352 e. The van der Waals surface area contributed by atoms with E-state index >= 15 is 0 Å². The van der Waals surface area contributed by atoms with Crippen LogP contribution in [0.4, 0.5) is 0 Å². The summed E-state index contributed by atoms with van der Waals surface area (Å²) >= 11 is 0. The number of para-hydroxylation sites is 1. The molecule has 0 aliphatic carbocycles. The molecule has 0 spiro atoms. The molecule has 0 bridgehead atoms. The fourth-order valence-electron chi connectivity index (χ4n) is 1.80. The van der Waals surface area contributed by atoms with E-state index in [1.54, 1.807) is 18.2 Å². The first kappa shape index (κ1) is 14.4. The topological polar surface area (TPSA) is 95.5 Å². The van der Waals surface area contributed by atoms with E-state index in [0.717, 1.165) is 0 Å². The van der Waals surface area contributed by atoms with Gasteiger partial charge in [0.1, 0.15) is 5.70 Å². The summed E-state index contributed by atoms with van der Waals surface area (Å²) in [5, 5.41) is 27.0. The van der Waals surface area contributed by atoms with Gasteiger partial charge in [-0.15, -0.1) is 0 Å². The lowest BCUT2D eigenvalue weighted by Crippen LogP contribution is -2.10. The van der Waals surface area contributed by atoms with Crippen LogP contribution in [0.25, 0.3) is 11.8 Å². The highest BCUT2D eigenvalue weighted by Crippen LogP contribution is 2.31. The molecule has 1 aromatic carbocycles. The minimum atomic E-state index is -1.15. The van der Waals surface area contributed by atoms with Crippen molar-refractivity contribution in [3.8, 4) is 11.5 Å². The zero-order chi connectivity index (χ0) is 15.4. The zero-order valence-electron chi connectivity index (χ0n) is 11.3. The molecule has 6 heteroatoms. The molecule has 6 nitrogen and oxygen atoms in total. The Morgan fingerprint density at radius 2 is 1.95 bits per heavy atom. The van der Waals surface area contributed by atoms with Crippen molar-refractivity contribution in [2.24, 2.45) is 0 Å². The van der Waals surface area contributed by atoms with E-state index in [1.165, 1.54) is 42.3 Å². The summed E-state index contributed by atoms with van der Waals surface area (Å²) in [6.07, 6.45) is 4.28. The Bertz CT molecular complexity index is 742.